The summed E-state index contributed by atoms with van der Waals surface area (Å²) in [5.41, 5.74) is -0.923. The molecule has 0 spiro atoms. The summed E-state index contributed by atoms with van der Waals surface area (Å²) in [6.07, 6.45) is 0.569. The number of carbonyl (C=O) groups is 1. The van der Waals surface area contributed by atoms with Crippen molar-refractivity contribution in [2.24, 2.45) is 5.41 Å². The Hall–Kier alpha value is -0.670. The molecule has 2 nitrogen and oxygen atoms in total. The minimum absolute atomic E-state index is 0.109. The topological polar surface area (TPSA) is 29.1 Å². The van der Waals surface area contributed by atoms with Crippen LogP contribution in [0.1, 0.15) is 12.8 Å². The summed E-state index contributed by atoms with van der Waals surface area (Å²) in [4.78, 5) is 10.6. The van der Waals surface area contributed by atoms with Gasteiger partial charge >= 0.3 is 0 Å². The summed E-state index contributed by atoms with van der Waals surface area (Å²) in [5, 5.41) is 2.46. The fraction of sp³-hybridized carbons (Fsp3) is 0.857. The molecule has 0 aromatic rings. The smallest absolute Gasteiger partial charge is 0.220 e. The number of halogens is 2. The Kier molecular flexibility index (Phi) is 2.42. The number of nitrogens with one attached hydrogen (secondary N) is 1. The predicted octanol–water partition coefficient (Wildman–Crippen LogP) is 0.822. The van der Waals surface area contributed by atoms with Gasteiger partial charge in [-0.25, -0.2) is 0 Å². The van der Waals surface area contributed by atoms with E-state index in [9.17, 15) is 13.6 Å². The highest BCUT2D eigenvalue weighted by Gasteiger charge is 2.34. The monoisotopic (exact) mass is 163 g/mol. The summed E-state index contributed by atoms with van der Waals surface area (Å²) in [5.74, 6) is -0.109. The predicted molar refractivity (Wildman–Crippen MR) is 36.6 cm³/mol. The maximum absolute atomic E-state index is 12.3. The molecule has 0 saturated carbocycles. The normalized spacial score (nSPS) is 22.9. The van der Waals surface area contributed by atoms with E-state index >= 15 is 0 Å². The van der Waals surface area contributed by atoms with Crippen molar-refractivity contribution in [3.63, 3.8) is 0 Å². The Morgan fingerprint density at radius 1 is 1.45 bits per heavy atom. The molecule has 1 fully saturated rings. The molecule has 1 saturated heterocycles. The van der Waals surface area contributed by atoms with E-state index in [0.717, 1.165) is 0 Å². The molecule has 11 heavy (non-hydrogen) atoms. The number of hydrogen-bond donors (Lipinski definition) is 1. The lowest BCUT2D eigenvalue weighted by Gasteiger charge is -2.31. The quantitative estimate of drug-likeness (QED) is 0.641. The molecule has 1 aliphatic heterocycles. The Morgan fingerprint density at radius 3 is 2.45 bits per heavy atom. The van der Waals surface area contributed by atoms with Gasteiger partial charge in [-0.15, -0.1) is 0 Å². The molecule has 0 bridgehead atoms. The van der Waals surface area contributed by atoms with Crippen LogP contribution in [0.2, 0.25) is 0 Å². The van der Waals surface area contributed by atoms with E-state index in [1.807, 2.05) is 0 Å². The molecule has 0 radical (unpaired) electrons. The third-order valence-corrected chi connectivity index (χ3v) is 2.11. The maximum Gasteiger partial charge on any atom is 0.220 e. The minimum Gasteiger partial charge on any atom is -0.355 e. The SMILES string of the molecule is O=C1CCC(CF)(CF)CN1. The van der Waals surface area contributed by atoms with E-state index in [4.69, 9.17) is 0 Å². The van der Waals surface area contributed by atoms with E-state index in [0.29, 0.717) is 6.42 Å². The first-order valence-electron chi connectivity index (χ1n) is 3.61. The second-order valence-corrected chi connectivity index (χ2v) is 3.04. The third kappa shape index (κ3) is 1.67. The molecule has 4 heteroatoms. The number of alkyl halides is 2. The Labute approximate surface area is 64.0 Å². The van der Waals surface area contributed by atoms with Crippen LogP contribution in [0, 0.1) is 5.41 Å². The second kappa shape index (κ2) is 3.15. The zero-order valence-electron chi connectivity index (χ0n) is 6.20. The van der Waals surface area contributed by atoms with Crippen molar-refractivity contribution in [2.45, 2.75) is 12.8 Å². The van der Waals surface area contributed by atoms with Crippen molar-refractivity contribution >= 4 is 5.91 Å². The lowest BCUT2D eigenvalue weighted by Crippen LogP contribution is -2.45. The Morgan fingerprint density at radius 2 is 2.09 bits per heavy atom. The highest BCUT2D eigenvalue weighted by Crippen LogP contribution is 2.27. The zero-order chi connectivity index (χ0) is 8.32. The first kappa shape index (κ1) is 8.43. The fourth-order valence-corrected chi connectivity index (χ4v) is 1.11. The molecule has 1 heterocycles. The molecule has 0 atom stereocenters. The Bertz CT molecular complexity index is 145. The van der Waals surface area contributed by atoms with Crippen molar-refractivity contribution in [1.82, 2.24) is 5.32 Å². The molecule has 0 aromatic carbocycles. The molecule has 0 aliphatic carbocycles. The minimum atomic E-state index is -0.923. The van der Waals surface area contributed by atoms with Gasteiger partial charge in [-0.05, 0) is 6.42 Å². The average molecular weight is 163 g/mol. The van der Waals surface area contributed by atoms with Gasteiger partial charge in [-0.2, -0.15) is 0 Å². The van der Waals surface area contributed by atoms with Gasteiger partial charge in [0.25, 0.3) is 0 Å². The summed E-state index contributed by atoms with van der Waals surface area (Å²) in [6, 6.07) is 0. The van der Waals surface area contributed by atoms with E-state index in [-0.39, 0.29) is 18.9 Å². The van der Waals surface area contributed by atoms with Gasteiger partial charge < -0.3 is 5.32 Å². The summed E-state index contributed by atoms with van der Waals surface area (Å²) in [7, 11) is 0. The Balaban J connectivity index is 2.52. The molecule has 1 amide bonds. The molecule has 0 aromatic heterocycles. The third-order valence-electron chi connectivity index (χ3n) is 2.11. The van der Waals surface area contributed by atoms with Crippen LogP contribution in [0.15, 0.2) is 0 Å². The van der Waals surface area contributed by atoms with Gasteiger partial charge in [0, 0.05) is 18.4 Å². The second-order valence-electron chi connectivity index (χ2n) is 3.04. The van der Waals surface area contributed by atoms with Gasteiger partial charge in [0.2, 0.25) is 5.91 Å². The van der Waals surface area contributed by atoms with E-state index in [1.54, 1.807) is 0 Å². The lowest BCUT2D eigenvalue weighted by atomic mass is 9.83. The molecule has 0 unspecified atom stereocenters. The van der Waals surface area contributed by atoms with Crippen molar-refractivity contribution in [2.75, 3.05) is 19.9 Å². The average Bonchev–Trinajstić information content (AvgIpc) is 2.07. The first-order valence-corrected chi connectivity index (χ1v) is 3.61. The highest BCUT2D eigenvalue weighted by atomic mass is 19.1. The van der Waals surface area contributed by atoms with Crippen LogP contribution in [0.25, 0.3) is 0 Å². The largest absolute Gasteiger partial charge is 0.355 e. The molecule has 1 aliphatic rings. The van der Waals surface area contributed by atoms with Crippen LogP contribution in [-0.2, 0) is 4.79 Å². The van der Waals surface area contributed by atoms with Gasteiger partial charge in [0.05, 0.1) is 13.3 Å². The van der Waals surface area contributed by atoms with Crippen molar-refractivity contribution in [1.29, 1.82) is 0 Å². The van der Waals surface area contributed by atoms with Gasteiger partial charge in [-0.1, -0.05) is 0 Å². The molecular formula is C7H11F2NO. The van der Waals surface area contributed by atoms with Gasteiger partial charge in [-0.3, -0.25) is 13.6 Å². The first-order chi connectivity index (χ1) is 5.22. The van der Waals surface area contributed by atoms with E-state index < -0.39 is 18.8 Å². The number of carbonyl (C=O) groups excluding carboxylic acids is 1. The highest BCUT2D eigenvalue weighted by molar-refractivity contribution is 5.76. The number of rotatable bonds is 2. The maximum atomic E-state index is 12.3. The molecule has 64 valence electrons. The molecule has 1 N–H and O–H groups in total. The number of hydrogen-bond acceptors (Lipinski definition) is 1. The molecule has 1 rings (SSSR count). The van der Waals surface area contributed by atoms with Crippen LogP contribution < -0.4 is 5.32 Å². The van der Waals surface area contributed by atoms with Crippen molar-refractivity contribution < 1.29 is 13.6 Å². The van der Waals surface area contributed by atoms with Crippen LogP contribution in [0.5, 0.6) is 0 Å². The lowest BCUT2D eigenvalue weighted by molar-refractivity contribution is -0.124. The number of amides is 1. The summed E-state index contributed by atoms with van der Waals surface area (Å²) < 4.78 is 24.5. The van der Waals surface area contributed by atoms with Gasteiger partial charge in [0.15, 0.2) is 0 Å². The summed E-state index contributed by atoms with van der Waals surface area (Å²) in [6.45, 7) is -1.24. The van der Waals surface area contributed by atoms with Crippen LogP contribution >= 0.6 is 0 Å². The van der Waals surface area contributed by atoms with E-state index in [2.05, 4.69) is 5.32 Å². The van der Waals surface area contributed by atoms with Crippen LogP contribution in [-0.4, -0.2) is 25.8 Å². The van der Waals surface area contributed by atoms with Crippen molar-refractivity contribution in [3.05, 3.63) is 0 Å². The fourth-order valence-electron chi connectivity index (χ4n) is 1.11. The number of piperidine rings is 1. The van der Waals surface area contributed by atoms with E-state index in [1.165, 1.54) is 0 Å². The zero-order valence-corrected chi connectivity index (χ0v) is 6.20. The van der Waals surface area contributed by atoms with Crippen LogP contribution in [0.3, 0.4) is 0 Å². The van der Waals surface area contributed by atoms with Crippen LogP contribution in [0.4, 0.5) is 8.78 Å². The standard InChI is InChI=1S/C7H11F2NO/c8-3-7(4-9)2-1-6(11)10-5-7/h1-5H2,(H,10,11). The van der Waals surface area contributed by atoms with Gasteiger partial charge in [0.1, 0.15) is 0 Å². The summed E-state index contributed by atoms with van der Waals surface area (Å²) >= 11 is 0. The van der Waals surface area contributed by atoms with Crippen molar-refractivity contribution in [3.8, 4) is 0 Å². The molecular weight excluding hydrogens is 152 g/mol.